The number of carbonyl (C=O) groups excluding carboxylic acids is 1. The predicted octanol–water partition coefficient (Wildman–Crippen LogP) is 6.03. The molecule has 2 aliphatic rings. The summed E-state index contributed by atoms with van der Waals surface area (Å²) < 4.78 is 28.4. The molecule has 0 unspecified atom stereocenters. The Morgan fingerprint density at radius 3 is 1.98 bits per heavy atom. The van der Waals surface area contributed by atoms with Crippen molar-refractivity contribution >= 4 is 33.2 Å². The van der Waals surface area contributed by atoms with Crippen molar-refractivity contribution < 1.29 is 13.2 Å². The second-order valence-corrected chi connectivity index (χ2v) is 13.0. The third-order valence-electron chi connectivity index (χ3n) is 8.05. The number of piperazine rings is 1. The van der Waals surface area contributed by atoms with Crippen LogP contribution in [0.3, 0.4) is 0 Å². The normalized spacial score (nSPS) is 17.6. The number of anilines is 1. The number of carbonyl (C=O) groups is 1. The molecule has 1 fully saturated rings. The van der Waals surface area contributed by atoms with Gasteiger partial charge in [0.05, 0.1) is 16.6 Å². The van der Waals surface area contributed by atoms with Crippen LogP contribution in [-0.2, 0) is 16.4 Å². The Bertz CT molecular complexity index is 1600. The minimum absolute atomic E-state index is 0.0184. The number of halogens is 1. The van der Waals surface area contributed by atoms with E-state index in [0.717, 1.165) is 18.7 Å². The molecule has 1 saturated heterocycles. The van der Waals surface area contributed by atoms with Gasteiger partial charge in [-0.1, -0.05) is 72.3 Å². The standard InChI is InChI=1S/C33H32ClN3O3S/c1-24-22-28-23-27(12-17-31(28)37(24)41(39,40)30-15-13-29(34)14-16-30)33(38)36-20-18-35(19-21-36)32(25-8-4-2-5-9-25)26-10-6-3-7-11-26/h2-17,23-24,32H,18-22H2,1H3/t24-/m1/s1. The number of fused-ring (bicyclic) bond motifs is 1. The number of amides is 1. The van der Waals surface area contributed by atoms with Crippen molar-refractivity contribution in [3.63, 3.8) is 0 Å². The average molecular weight is 586 g/mol. The molecule has 8 heteroatoms. The van der Waals surface area contributed by atoms with Crippen molar-refractivity contribution in [1.29, 1.82) is 0 Å². The maximum atomic E-state index is 13.6. The van der Waals surface area contributed by atoms with Crippen LogP contribution in [0.25, 0.3) is 0 Å². The molecule has 2 aliphatic heterocycles. The van der Waals surface area contributed by atoms with E-state index in [1.54, 1.807) is 24.3 Å². The predicted molar refractivity (Wildman–Crippen MR) is 163 cm³/mol. The van der Waals surface area contributed by atoms with E-state index in [1.165, 1.54) is 27.6 Å². The van der Waals surface area contributed by atoms with Gasteiger partial charge in [0.25, 0.3) is 15.9 Å². The van der Waals surface area contributed by atoms with Crippen LogP contribution in [0.1, 0.15) is 40.0 Å². The zero-order valence-corrected chi connectivity index (χ0v) is 24.4. The van der Waals surface area contributed by atoms with E-state index in [2.05, 4.69) is 53.4 Å². The van der Waals surface area contributed by atoms with E-state index in [-0.39, 0.29) is 22.9 Å². The SMILES string of the molecule is C[C@@H]1Cc2cc(C(=O)N3CCN(C(c4ccccc4)c4ccccc4)CC3)ccc2N1S(=O)(=O)c1ccc(Cl)cc1. The van der Waals surface area contributed by atoms with Crippen LogP contribution in [-0.4, -0.2) is 56.3 Å². The summed E-state index contributed by atoms with van der Waals surface area (Å²) in [6.07, 6.45) is 0.548. The molecule has 1 atom stereocenters. The molecule has 2 heterocycles. The Hall–Kier alpha value is -3.65. The maximum absolute atomic E-state index is 13.6. The van der Waals surface area contributed by atoms with E-state index in [4.69, 9.17) is 11.6 Å². The van der Waals surface area contributed by atoms with Crippen molar-refractivity contribution in [2.24, 2.45) is 0 Å². The highest BCUT2D eigenvalue weighted by atomic mass is 35.5. The summed E-state index contributed by atoms with van der Waals surface area (Å²) in [6.45, 7) is 4.66. The molecule has 0 saturated carbocycles. The van der Waals surface area contributed by atoms with Crippen LogP contribution in [0.15, 0.2) is 108 Å². The Balaban J connectivity index is 1.18. The molecule has 6 nitrogen and oxygen atoms in total. The van der Waals surface area contributed by atoms with E-state index in [0.29, 0.717) is 35.8 Å². The number of rotatable bonds is 6. The lowest BCUT2D eigenvalue weighted by Gasteiger charge is -2.40. The topological polar surface area (TPSA) is 60.9 Å². The second kappa shape index (κ2) is 11.3. The Labute approximate surface area is 246 Å². The summed E-state index contributed by atoms with van der Waals surface area (Å²) in [4.78, 5) is 18.1. The lowest BCUT2D eigenvalue weighted by molar-refractivity contribution is 0.0597. The van der Waals surface area contributed by atoms with Crippen LogP contribution in [0.2, 0.25) is 5.02 Å². The fraction of sp³-hybridized carbons (Fsp3) is 0.242. The molecule has 4 aromatic carbocycles. The van der Waals surface area contributed by atoms with Crippen LogP contribution < -0.4 is 4.31 Å². The fourth-order valence-electron chi connectivity index (χ4n) is 6.07. The van der Waals surface area contributed by atoms with Crippen LogP contribution in [0.5, 0.6) is 0 Å². The minimum atomic E-state index is -3.76. The molecule has 0 aromatic heterocycles. The van der Waals surface area contributed by atoms with Gasteiger partial charge in [0, 0.05) is 42.8 Å². The molecule has 0 N–H and O–H groups in total. The fourth-order valence-corrected chi connectivity index (χ4v) is 7.89. The number of sulfonamides is 1. The van der Waals surface area contributed by atoms with Gasteiger partial charge in [-0.05, 0) is 72.5 Å². The molecular formula is C33H32ClN3O3S. The highest BCUT2D eigenvalue weighted by Gasteiger charge is 2.37. The Kier molecular flexibility index (Phi) is 7.60. The molecule has 0 spiro atoms. The van der Waals surface area contributed by atoms with Crippen molar-refractivity contribution in [3.05, 3.63) is 130 Å². The summed E-state index contributed by atoms with van der Waals surface area (Å²) >= 11 is 5.97. The van der Waals surface area contributed by atoms with Gasteiger partial charge in [0.1, 0.15) is 0 Å². The lowest BCUT2D eigenvalue weighted by atomic mass is 9.96. The van der Waals surface area contributed by atoms with Gasteiger partial charge < -0.3 is 4.90 Å². The van der Waals surface area contributed by atoms with Crippen molar-refractivity contribution in [1.82, 2.24) is 9.80 Å². The molecule has 6 rings (SSSR count). The van der Waals surface area contributed by atoms with Gasteiger partial charge in [0.2, 0.25) is 0 Å². The van der Waals surface area contributed by atoms with E-state index < -0.39 is 10.0 Å². The van der Waals surface area contributed by atoms with Crippen LogP contribution in [0.4, 0.5) is 5.69 Å². The number of hydrogen-bond acceptors (Lipinski definition) is 4. The third-order valence-corrected chi connectivity index (χ3v) is 10.2. The summed E-state index contributed by atoms with van der Waals surface area (Å²) in [7, 11) is -3.76. The van der Waals surface area contributed by atoms with Crippen LogP contribution in [0, 0.1) is 0 Å². The van der Waals surface area contributed by atoms with Crippen molar-refractivity contribution in [3.8, 4) is 0 Å². The molecule has 0 bridgehead atoms. The first-order valence-corrected chi connectivity index (χ1v) is 15.7. The van der Waals surface area contributed by atoms with Crippen molar-refractivity contribution in [2.45, 2.75) is 30.3 Å². The van der Waals surface area contributed by atoms with E-state index in [9.17, 15) is 13.2 Å². The molecule has 210 valence electrons. The second-order valence-electron chi connectivity index (χ2n) is 10.7. The molecular weight excluding hydrogens is 554 g/mol. The smallest absolute Gasteiger partial charge is 0.264 e. The van der Waals surface area contributed by atoms with Gasteiger partial charge in [-0.25, -0.2) is 8.42 Å². The lowest BCUT2D eigenvalue weighted by Crippen LogP contribution is -2.49. The number of nitrogens with zero attached hydrogens (tertiary/aromatic N) is 3. The largest absolute Gasteiger partial charge is 0.336 e. The third kappa shape index (κ3) is 5.37. The van der Waals surface area contributed by atoms with Gasteiger partial charge >= 0.3 is 0 Å². The first-order chi connectivity index (χ1) is 19.8. The van der Waals surface area contributed by atoms with E-state index in [1.807, 2.05) is 30.0 Å². The Morgan fingerprint density at radius 1 is 0.805 bits per heavy atom. The van der Waals surface area contributed by atoms with Gasteiger partial charge in [-0.15, -0.1) is 0 Å². The van der Waals surface area contributed by atoms with Gasteiger partial charge in [-0.3, -0.25) is 14.0 Å². The zero-order valence-electron chi connectivity index (χ0n) is 22.9. The quantitative estimate of drug-likeness (QED) is 0.277. The Morgan fingerprint density at radius 2 is 1.39 bits per heavy atom. The summed E-state index contributed by atoms with van der Waals surface area (Å²) in [5.41, 5.74) is 4.57. The first kappa shape index (κ1) is 27.5. The first-order valence-electron chi connectivity index (χ1n) is 13.9. The number of hydrogen-bond donors (Lipinski definition) is 0. The highest BCUT2D eigenvalue weighted by molar-refractivity contribution is 7.92. The average Bonchev–Trinajstić information content (AvgIpc) is 3.34. The molecule has 0 radical (unpaired) electrons. The number of benzene rings is 4. The monoisotopic (exact) mass is 585 g/mol. The molecule has 4 aromatic rings. The summed E-state index contributed by atoms with van der Waals surface area (Å²) in [5.74, 6) is -0.0184. The molecule has 0 aliphatic carbocycles. The van der Waals surface area contributed by atoms with Crippen LogP contribution >= 0.6 is 11.6 Å². The molecule has 1 amide bonds. The van der Waals surface area contributed by atoms with Gasteiger partial charge in [0.15, 0.2) is 0 Å². The summed E-state index contributed by atoms with van der Waals surface area (Å²) in [5, 5.41) is 0.485. The summed E-state index contributed by atoms with van der Waals surface area (Å²) in [6, 6.07) is 32.5. The van der Waals surface area contributed by atoms with E-state index >= 15 is 0 Å². The zero-order chi connectivity index (χ0) is 28.6. The highest BCUT2D eigenvalue weighted by Crippen LogP contribution is 2.38. The maximum Gasteiger partial charge on any atom is 0.264 e. The molecule has 41 heavy (non-hydrogen) atoms. The van der Waals surface area contributed by atoms with Gasteiger partial charge in [-0.2, -0.15) is 0 Å². The minimum Gasteiger partial charge on any atom is -0.336 e. The van der Waals surface area contributed by atoms with Crippen molar-refractivity contribution in [2.75, 3.05) is 30.5 Å².